The van der Waals surface area contributed by atoms with Crippen LogP contribution in [0.5, 0.6) is 5.75 Å². The van der Waals surface area contributed by atoms with Crippen LogP contribution < -0.4 is 49.1 Å². The van der Waals surface area contributed by atoms with E-state index in [0.29, 0.717) is 30.5 Å². The number of carbonyl (C=O) groups is 8. The third kappa shape index (κ3) is 18.0. The molecule has 5 rings (SSSR count). The minimum Gasteiger partial charge on any atom is -0.508 e. The van der Waals surface area contributed by atoms with Crippen molar-refractivity contribution in [2.75, 3.05) is 18.1 Å². The van der Waals surface area contributed by atoms with Crippen molar-refractivity contribution in [1.82, 2.24) is 36.9 Å². The van der Waals surface area contributed by atoms with Gasteiger partial charge in [0.1, 0.15) is 42.0 Å². The second-order valence-electron chi connectivity index (χ2n) is 16.5. The summed E-state index contributed by atoms with van der Waals surface area (Å²) >= 11 is 0. The molecule has 1 aliphatic rings. The number of primary amides is 1. The number of phenolic OH excluding ortho intramolecular Hbond substituents is 1. The van der Waals surface area contributed by atoms with Gasteiger partial charge in [-0.2, -0.15) is 0 Å². The number of hydrogen-bond donors (Lipinski definition) is 13. The SMILES string of the molecule is CC(=O)O.C[C@@H](O)[C@H](NC(=O)C1CSSCC(NC(=O)[C@H](N)Cc2ccccc2)C(=O)N[C@@H](Cc2ccc(O)cc2)C(=O)N[C@H](Cc2c[nH]c3ccccc23)C(=O)NC(CCCCN)C(=O)N1)C(N)=O. The zero-order valence-electron chi connectivity index (χ0n) is 38.7. The standard InChI is InChI=1S/C45H58N10O9S2.C2H4O2/c1-25(56)38(39(48)58)55-45(64)37-24-66-65-23-36(53-40(59)31(47)19-26-9-3-2-4-10-26)44(63)51-34(20-27-14-16-29(57)17-15-27)42(61)52-35(21-28-22-49-32-12-6-5-11-30(28)32)43(62)50-33(41(60)54-37)13-7-8-18-46;1-2(3)4/h2-6,9-12,14-17,22,25,31,33-38,49,56-57H,7-8,13,18-21,23-24,46-47H2,1H3,(H2,48,58)(H,50,62)(H,51,63)(H,52,61)(H,53,59)(H,54,60)(H,55,64);1H3,(H,3,4)/t25-,31-,33?,34+,35-,36?,37?,38+;/m1./s1. The topological polar surface area (TPSA) is 363 Å². The lowest BCUT2D eigenvalue weighted by Crippen LogP contribution is -2.61. The summed E-state index contributed by atoms with van der Waals surface area (Å²) in [4.78, 5) is 109. The van der Waals surface area contributed by atoms with Gasteiger partial charge in [-0.1, -0.05) is 82.3 Å². The summed E-state index contributed by atoms with van der Waals surface area (Å²) in [5.41, 5.74) is 20.3. The maximum absolute atomic E-state index is 14.6. The Morgan fingerprint density at radius 2 is 1.36 bits per heavy atom. The van der Waals surface area contributed by atoms with Crippen molar-refractivity contribution in [1.29, 1.82) is 0 Å². The van der Waals surface area contributed by atoms with E-state index in [4.69, 9.17) is 27.1 Å². The lowest BCUT2D eigenvalue weighted by molar-refractivity contribution is -0.135. The number of aromatic nitrogens is 1. The second-order valence-corrected chi connectivity index (χ2v) is 19.1. The van der Waals surface area contributed by atoms with E-state index in [-0.39, 0.29) is 42.9 Å². The predicted octanol–water partition coefficient (Wildman–Crippen LogP) is -0.381. The number of H-pyrrole nitrogens is 1. The van der Waals surface area contributed by atoms with Crippen LogP contribution in [-0.2, 0) is 57.6 Å². The molecule has 1 aliphatic heterocycles. The van der Waals surface area contributed by atoms with Gasteiger partial charge in [-0.25, -0.2) is 0 Å². The van der Waals surface area contributed by atoms with Gasteiger partial charge < -0.3 is 69.4 Å². The van der Waals surface area contributed by atoms with Crippen molar-refractivity contribution in [2.24, 2.45) is 17.2 Å². The first-order chi connectivity index (χ1) is 33.4. The quantitative estimate of drug-likeness (QED) is 0.0503. The lowest BCUT2D eigenvalue weighted by Gasteiger charge is -2.27. The number of nitrogens with two attached hydrogens (primary N) is 3. The molecule has 0 spiro atoms. The first-order valence-electron chi connectivity index (χ1n) is 22.4. The molecule has 1 fully saturated rings. The van der Waals surface area contributed by atoms with E-state index in [1.807, 2.05) is 30.3 Å². The van der Waals surface area contributed by atoms with Crippen molar-refractivity contribution >= 4 is 79.8 Å². The van der Waals surface area contributed by atoms with Crippen molar-refractivity contribution < 1.29 is 53.7 Å². The Morgan fingerprint density at radius 1 is 0.771 bits per heavy atom. The molecule has 378 valence electrons. The van der Waals surface area contributed by atoms with Crippen molar-refractivity contribution in [3.63, 3.8) is 0 Å². The van der Waals surface area contributed by atoms with Gasteiger partial charge in [0.05, 0.1) is 12.1 Å². The molecule has 7 amide bonds. The number of phenols is 1. The number of aliphatic carboxylic acids is 1. The number of carboxylic acids is 1. The summed E-state index contributed by atoms with van der Waals surface area (Å²) in [7, 11) is 2.10. The van der Waals surface area contributed by atoms with Gasteiger partial charge in [-0.15, -0.1) is 0 Å². The third-order valence-corrected chi connectivity index (χ3v) is 13.3. The summed E-state index contributed by atoms with van der Waals surface area (Å²) < 4.78 is 0. The van der Waals surface area contributed by atoms with Crippen LogP contribution in [0.15, 0.2) is 85.1 Å². The number of nitrogens with one attached hydrogen (secondary N) is 7. The van der Waals surface area contributed by atoms with Gasteiger partial charge in [0, 0.05) is 48.4 Å². The van der Waals surface area contributed by atoms with Crippen LogP contribution in [0, 0.1) is 0 Å². The third-order valence-electron chi connectivity index (χ3n) is 10.9. The molecule has 4 aromatic rings. The fraction of sp³-hybridized carbons (Fsp3) is 0.404. The Kier molecular flexibility index (Phi) is 22.5. The molecule has 0 saturated carbocycles. The van der Waals surface area contributed by atoms with Crippen molar-refractivity contribution in [3.05, 3.63) is 102 Å². The molecule has 23 heteroatoms. The number of aromatic hydroxyl groups is 1. The van der Waals surface area contributed by atoms with Crippen LogP contribution in [0.25, 0.3) is 10.9 Å². The minimum absolute atomic E-state index is 0.0267. The van der Waals surface area contributed by atoms with Gasteiger partial charge in [0.2, 0.25) is 41.4 Å². The normalized spacial score (nSPS) is 20.6. The number of amides is 7. The number of aliphatic hydroxyl groups excluding tert-OH is 1. The molecule has 2 heterocycles. The highest BCUT2D eigenvalue weighted by molar-refractivity contribution is 8.76. The summed E-state index contributed by atoms with van der Waals surface area (Å²) in [5, 5.41) is 44.5. The Bertz CT molecular complexity index is 2400. The van der Waals surface area contributed by atoms with Crippen LogP contribution in [0.3, 0.4) is 0 Å². The summed E-state index contributed by atoms with van der Waals surface area (Å²) in [5.74, 6) is -6.77. The number of aliphatic hydroxyl groups is 1. The highest BCUT2D eigenvalue weighted by Gasteiger charge is 2.35. The highest BCUT2D eigenvalue weighted by atomic mass is 33.1. The first kappa shape index (κ1) is 55.9. The van der Waals surface area contributed by atoms with Crippen LogP contribution in [0.1, 0.15) is 49.8 Å². The number of hydrogen-bond acceptors (Lipinski definition) is 14. The monoisotopic (exact) mass is 1010 g/mol. The molecule has 0 aliphatic carbocycles. The number of para-hydroxylation sites is 1. The molecule has 1 aromatic heterocycles. The van der Waals surface area contributed by atoms with E-state index in [9.17, 15) is 43.8 Å². The molecule has 8 atom stereocenters. The zero-order valence-corrected chi connectivity index (χ0v) is 40.4. The molecular weight excluding hydrogens is 945 g/mol. The average Bonchev–Trinajstić information content (AvgIpc) is 3.72. The molecule has 21 nitrogen and oxygen atoms in total. The van der Waals surface area contributed by atoms with Gasteiger partial charge >= 0.3 is 0 Å². The molecule has 3 unspecified atom stereocenters. The van der Waals surface area contributed by atoms with Crippen molar-refractivity contribution in [2.45, 2.75) is 101 Å². The van der Waals surface area contributed by atoms with Crippen molar-refractivity contribution in [3.8, 4) is 5.75 Å². The van der Waals surface area contributed by atoms with Gasteiger partial charge in [0.25, 0.3) is 5.97 Å². The minimum atomic E-state index is -1.51. The molecular formula is C47H62N10O11S2. The van der Waals surface area contributed by atoms with E-state index < -0.39 is 95.7 Å². The molecule has 70 heavy (non-hydrogen) atoms. The number of unbranched alkanes of at least 4 members (excludes halogenated alkanes) is 1. The zero-order chi connectivity index (χ0) is 51.3. The number of aromatic amines is 1. The van der Waals surface area contributed by atoms with Gasteiger partial charge in [0.15, 0.2) is 0 Å². The van der Waals surface area contributed by atoms with E-state index in [0.717, 1.165) is 45.0 Å². The highest BCUT2D eigenvalue weighted by Crippen LogP contribution is 2.25. The van der Waals surface area contributed by atoms with E-state index in [1.54, 1.807) is 42.6 Å². The van der Waals surface area contributed by atoms with Crippen LogP contribution in [0.2, 0.25) is 0 Å². The average molecular weight is 1010 g/mol. The number of fused-ring (bicyclic) bond motifs is 1. The van der Waals surface area contributed by atoms with E-state index >= 15 is 0 Å². The van der Waals surface area contributed by atoms with Crippen LogP contribution in [0.4, 0.5) is 0 Å². The van der Waals surface area contributed by atoms with Crippen LogP contribution in [-0.4, -0.2) is 134 Å². The van der Waals surface area contributed by atoms with E-state index in [2.05, 4.69) is 36.9 Å². The Balaban J connectivity index is 0.00000256. The van der Waals surface area contributed by atoms with Gasteiger partial charge in [-0.05, 0) is 74.0 Å². The Morgan fingerprint density at radius 3 is 2.00 bits per heavy atom. The summed E-state index contributed by atoms with van der Waals surface area (Å²) in [6, 6.07) is 13.2. The molecule has 0 bridgehead atoms. The maximum Gasteiger partial charge on any atom is 0.300 e. The molecule has 1 saturated heterocycles. The lowest BCUT2D eigenvalue weighted by atomic mass is 10.0. The number of benzene rings is 3. The molecule has 3 aromatic carbocycles. The number of carboxylic acid groups (broad SMARTS) is 1. The molecule has 0 radical (unpaired) electrons. The molecule has 16 N–H and O–H groups in total. The fourth-order valence-corrected chi connectivity index (χ4v) is 9.51. The smallest absolute Gasteiger partial charge is 0.300 e. The largest absolute Gasteiger partial charge is 0.508 e. The van der Waals surface area contributed by atoms with Gasteiger partial charge in [-0.3, -0.25) is 38.4 Å². The predicted molar refractivity (Wildman–Crippen MR) is 266 cm³/mol. The van der Waals surface area contributed by atoms with Crippen LogP contribution >= 0.6 is 21.6 Å². The second kappa shape index (κ2) is 28.1. The summed E-state index contributed by atoms with van der Waals surface area (Å²) in [6.07, 6.45) is 1.27. The van der Waals surface area contributed by atoms with E-state index in [1.165, 1.54) is 19.1 Å². The number of rotatable bonds is 16. The fourth-order valence-electron chi connectivity index (χ4n) is 7.18. The Hall–Kier alpha value is -6.66. The number of carbonyl (C=O) groups excluding carboxylic acids is 7. The first-order valence-corrected chi connectivity index (χ1v) is 24.9. The summed E-state index contributed by atoms with van der Waals surface area (Å²) in [6.45, 7) is 2.64. The Labute approximate surface area is 412 Å². The maximum atomic E-state index is 14.6.